The number of nitrogens with zero attached hydrogens (tertiary/aromatic N) is 2. The van der Waals surface area contributed by atoms with E-state index in [2.05, 4.69) is 5.10 Å². The van der Waals surface area contributed by atoms with Gasteiger partial charge in [0.25, 0.3) is 0 Å². The second kappa shape index (κ2) is 6.62. The zero-order valence-electron chi connectivity index (χ0n) is 10.2. The molecule has 0 fully saturated rings. The van der Waals surface area contributed by atoms with E-state index < -0.39 is 0 Å². The molecule has 1 aromatic heterocycles. The van der Waals surface area contributed by atoms with Crippen LogP contribution >= 0.6 is 0 Å². The van der Waals surface area contributed by atoms with Crippen LogP contribution in [0.2, 0.25) is 0 Å². The van der Waals surface area contributed by atoms with Crippen molar-refractivity contribution < 1.29 is 9.47 Å². The van der Waals surface area contributed by atoms with Crippen molar-refractivity contribution >= 4 is 0 Å². The summed E-state index contributed by atoms with van der Waals surface area (Å²) < 4.78 is 12.5. The van der Waals surface area contributed by atoms with E-state index in [0.717, 1.165) is 12.0 Å². The maximum Gasteiger partial charge on any atom is 0.100 e. The molecule has 0 aliphatic carbocycles. The zero-order valence-corrected chi connectivity index (χ0v) is 10.2. The average Bonchev–Trinajstić information content (AvgIpc) is 2.64. The number of nitrogens with two attached hydrogens (primary N) is 1. The van der Waals surface area contributed by atoms with Gasteiger partial charge in [0, 0.05) is 45.2 Å². The Kier molecular flexibility index (Phi) is 5.45. The molecule has 0 aromatic carbocycles. The normalized spacial score (nSPS) is 15.0. The summed E-state index contributed by atoms with van der Waals surface area (Å²) in [5.41, 5.74) is 6.92. The van der Waals surface area contributed by atoms with E-state index in [0.29, 0.717) is 13.2 Å². The summed E-state index contributed by atoms with van der Waals surface area (Å²) in [5.74, 6) is 0. The van der Waals surface area contributed by atoms with Crippen molar-refractivity contribution in [3.63, 3.8) is 0 Å². The standard InChI is InChI=1S/C11H21N3O2/c1-9(12)11(16-6-4-5-15-3)10-7-13-14(2)8-10/h7-9,11H,4-6,12H2,1-3H3. The fourth-order valence-electron chi connectivity index (χ4n) is 1.55. The summed E-state index contributed by atoms with van der Waals surface area (Å²) in [7, 11) is 3.57. The summed E-state index contributed by atoms with van der Waals surface area (Å²) in [6, 6.07) is -0.0493. The molecule has 1 heterocycles. The third-order valence-corrected chi connectivity index (χ3v) is 2.32. The molecule has 92 valence electrons. The van der Waals surface area contributed by atoms with Gasteiger partial charge in [-0.3, -0.25) is 4.68 Å². The molecule has 2 unspecified atom stereocenters. The summed E-state index contributed by atoms with van der Waals surface area (Å²) in [6.07, 6.45) is 4.51. The van der Waals surface area contributed by atoms with Gasteiger partial charge in [-0.25, -0.2) is 0 Å². The van der Waals surface area contributed by atoms with Gasteiger partial charge in [0.2, 0.25) is 0 Å². The predicted molar refractivity (Wildman–Crippen MR) is 62.0 cm³/mol. The van der Waals surface area contributed by atoms with Gasteiger partial charge in [-0.15, -0.1) is 0 Å². The van der Waals surface area contributed by atoms with Crippen LogP contribution < -0.4 is 5.73 Å². The van der Waals surface area contributed by atoms with Crippen molar-refractivity contribution in [2.45, 2.75) is 25.5 Å². The van der Waals surface area contributed by atoms with E-state index in [9.17, 15) is 0 Å². The van der Waals surface area contributed by atoms with Crippen LogP contribution in [-0.2, 0) is 16.5 Å². The fraction of sp³-hybridized carbons (Fsp3) is 0.727. The minimum Gasteiger partial charge on any atom is -0.385 e. The largest absolute Gasteiger partial charge is 0.385 e. The first-order valence-corrected chi connectivity index (χ1v) is 5.49. The first kappa shape index (κ1) is 13.2. The Balaban J connectivity index is 2.48. The lowest BCUT2D eigenvalue weighted by atomic mass is 10.1. The smallest absolute Gasteiger partial charge is 0.100 e. The highest BCUT2D eigenvalue weighted by Gasteiger charge is 2.18. The van der Waals surface area contributed by atoms with Crippen LogP contribution in [-0.4, -0.2) is 36.1 Å². The number of aryl methyl sites for hydroxylation is 1. The van der Waals surface area contributed by atoms with Crippen molar-refractivity contribution in [1.29, 1.82) is 0 Å². The van der Waals surface area contributed by atoms with Gasteiger partial charge >= 0.3 is 0 Å². The number of aromatic nitrogens is 2. The lowest BCUT2D eigenvalue weighted by Gasteiger charge is -2.20. The highest BCUT2D eigenvalue weighted by Crippen LogP contribution is 2.19. The van der Waals surface area contributed by atoms with Gasteiger partial charge in [-0.1, -0.05) is 0 Å². The van der Waals surface area contributed by atoms with Gasteiger partial charge in [-0.05, 0) is 13.3 Å². The zero-order chi connectivity index (χ0) is 12.0. The van der Waals surface area contributed by atoms with Crippen LogP contribution in [0.1, 0.15) is 25.0 Å². The molecule has 0 radical (unpaired) electrons. The molecule has 0 saturated carbocycles. The van der Waals surface area contributed by atoms with Gasteiger partial charge in [0.15, 0.2) is 0 Å². The number of methoxy groups -OCH3 is 1. The molecule has 0 spiro atoms. The minimum absolute atomic E-state index is 0.0493. The maximum absolute atomic E-state index is 5.90. The molecule has 16 heavy (non-hydrogen) atoms. The van der Waals surface area contributed by atoms with Crippen LogP contribution in [0, 0.1) is 0 Å². The van der Waals surface area contributed by atoms with E-state index in [1.807, 2.05) is 20.2 Å². The first-order valence-electron chi connectivity index (χ1n) is 5.49. The summed E-state index contributed by atoms with van der Waals surface area (Å²) >= 11 is 0. The molecule has 5 heteroatoms. The summed E-state index contributed by atoms with van der Waals surface area (Å²) in [6.45, 7) is 3.29. The highest BCUT2D eigenvalue weighted by molar-refractivity contribution is 5.10. The first-order chi connectivity index (χ1) is 7.65. The Morgan fingerprint density at radius 3 is 2.75 bits per heavy atom. The van der Waals surface area contributed by atoms with Crippen molar-refractivity contribution in [3.05, 3.63) is 18.0 Å². The van der Waals surface area contributed by atoms with Crippen LogP contribution in [0.25, 0.3) is 0 Å². The van der Waals surface area contributed by atoms with Crippen molar-refractivity contribution in [1.82, 2.24) is 9.78 Å². The Morgan fingerprint density at radius 2 is 2.25 bits per heavy atom. The second-order valence-electron chi connectivity index (χ2n) is 3.94. The SMILES string of the molecule is COCCCOC(c1cnn(C)c1)C(C)N. The van der Waals surface area contributed by atoms with Gasteiger partial charge in [-0.2, -0.15) is 5.10 Å². The van der Waals surface area contributed by atoms with Gasteiger partial charge in [0.1, 0.15) is 6.10 Å². The topological polar surface area (TPSA) is 62.3 Å². The van der Waals surface area contributed by atoms with E-state index >= 15 is 0 Å². The molecule has 2 atom stereocenters. The predicted octanol–water partition coefficient (Wildman–Crippen LogP) is 0.862. The van der Waals surface area contributed by atoms with Crippen molar-refractivity contribution in [2.24, 2.45) is 12.8 Å². The lowest BCUT2D eigenvalue weighted by molar-refractivity contribution is 0.0264. The molecule has 1 rings (SSSR count). The van der Waals surface area contributed by atoms with E-state index in [4.69, 9.17) is 15.2 Å². The highest BCUT2D eigenvalue weighted by atomic mass is 16.5. The quantitative estimate of drug-likeness (QED) is 0.702. The van der Waals surface area contributed by atoms with Crippen LogP contribution in [0.4, 0.5) is 0 Å². The summed E-state index contributed by atoms with van der Waals surface area (Å²) in [5, 5.41) is 4.12. The van der Waals surface area contributed by atoms with Crippen LogP contribution in [0.3, 0.4) is 0 Å². The van der Waals surface area contributed by atoms with Gasteiger partial charge in [0.05, 0.1) is 6.20 Å². The molecule has 0 amide bonds. The molecule has 2 N–H and O–H groups in total. The number of hydrogen-bond acceptors (Lipinski definition) is 4. The molecule has 1 aromatic rings. The van der Waals surface area contributed by atoms with E-state index in [1.54, 1.807) is 18.0 Å². The molecule has 5 nitrogen and oxygen atoms in total. The Bertz CT molecular complexity index is 299. The number of hydrogen-bond donors (Lipinski definition) is 1. The van der Waals surface area contributed by atoms with Crippen molar-refractivity contribution in [2.75, 3.05) is 20.3 Å². The molecular formula is C11H21N3O2. The number of ether oxygens (including phenoxy) is 2. The average molecular weight is 227 g/mol. The Labute approximate surface area is 96.5 Å². The molecule has 0 aliphatic heterocycles. The number of rotatable bonds is 7. The molecule has 0 bridgehead atoms. The molecular weight excluding hydrogens is 206 g/mol. The van der Waals surface area contributed by atoms with Gasteiger partial charge < -0.3 is 15.2 Å². The van der Waals surface area contributed by atoms with Crippen molar-refractivity contribution in [3.8, 4) is 0 Å². The van der Waals surface area contributed by atoms with E-state index in [-0.39, 0.29) is 12.1 Å². The third kappa shape index (κ3) is 3.92. The van der Waals surface area contributed by atoms with Crippen LogP contribution in [0.15, 0.2) is 12.4 Å². The second-order valence-corrected chi connectivity index (χ2v) is 3.94. The maximum atomic E-state index is 5.90. The van der Waals surface area contributed by atoms with Crippen LogP contribution in [0.5, 0.6) is 0 Å². The summed E-state index contributed by atoms with van der Waals surface area (Å²) in [4.78, 5) is 0. The Morgan fingerprint density at radius 1 is 1.50 bits per heavy atom. The monoisotopic (exact) mass is 227 g/mol. The minimum atomic E-state index is -0.0921. The third-order valence-electron chi connectivity index (χ3n) is 2.32. The molecule has 0 saturated heterocycles. The fourth-order valence-corrected chi connectivity index (χ4v) is 1.55. The lowest BCUT2D eigenvalue weighted by Crippen LogP contribution is -2.27. The Hall–Kier alpha value is -0.910. The molecule has 0 aliphatic rings. The van der Waals surface area contributed by atoms with E-state index in [1.165, 1.54) is 0 Å².